The molecular formula is C24H24ClFN8O3. The van der Waals surface area contributed by atoms with E-state index in [1.807, 2.05) is 6.92 Å². The molecule has 13 heteroatoms. The minimum atomic E-state index is -1.36. The van der Waals surface area contributed by atoms with Gasteiger partial charge in [0.05, 0.1) is 11.3 Å². The Morgan fingerprint density at radius 1 is 1.22 bits per heavy atom. The van der Waals surface area contributed by atoms with Crippen LogP contribution in [0.1, 0.15) is 17.3 Å². The Kier molecular flexibility index (Phi) is 6.73. The van der Waals surface area contributed by atoms with Crippen LogP contribution in [-0.2, 0) is 11.3 Å². The van der Waals surface area contributed by atoms with Crippen molar-refractivity contribution >= 4 is 34.5 Å². The third kappa shape index (κ3) is 4.71. The van der Waals surface area contributed by atoms with Crippen LogP contribution in [0, 0.1) is 12.7 Å². The lowest BCUT2D eigenvalue weighted by molar-refractivity contribution is -0.125. The second-order valence-electron chi connectivity index (χ2n) is 8.74. The molecule has 1 fully saturated rings. The molecule has 1 amide bonds. The number of aryl methyl sites for hydroxylation is 1. The summed E-state index contributed by atoms with van der Waals surface area (Å²) in [6.07, 6.45) is 0.854. The van der Waals surface area contributed by atoms with Crippen molar-refractivity contribution in [2.24, 2.45) is 0 Å². The van der Waals surface area contributed by atoms with Crippen LogP contribution in [-0.4, -0.2) is 65.9 Å². The van der Waals surface area contributed by atoms with Gasteiger partial charge in [-0.3, -0.25) is 19.7 Å². The van der Waals surface area contributed by atoms with Crippen molar-refractivity contribution in [3.63, 3.8) is 0 Å². The van der Waals surface area contributed by atoms with E-state index in [2.05, 4.69) is 35.9 Å². The highest BCUT2D eigenvalue weighted by molar-refractivity contribution is 6.30. The van der Waals surface area contributed by atoms with E-state index in [9.17, 15) is 19.4 Å². The summed E-state index contributed by atoms with van der Waals surface area (Å²) >= 11 is 6.13. The number of aliphatic hydroxyl groups excluding tert-OH is 2. The Labute approximate surface area is 215 Å². The maximum Gasteiger partial charge on any atom is 0.239 e. The summed E-state index contributed by atoms with van der Waals surface area (Å²) in [7, 11) is 1.44. The number of benzene rings is 1. The second kappa shape index (κ2) is 9.98. The zero-order valence-electron chi connectivity index (χ0n) is 19.9. The largest absolute Gasteiger partial charge is 0.388 e. The number of halogens is 2. The number of carbonyl (C=O) groups excluding carboxylic acids is 1. The first kappa shape index (κ1) is 25.0. The van der Waals surface area contributed by atoms with Gasteiger partial charge in [-0.05, 0) is 19.1 Å². The zero-order valence-corrected chi connectivity index (χ0v) is 20.6. The predicted molar refractivity (Wildman–Crippen MR) is 134 cm³/mol. The molecule has 1 aliphatic heterocycles. The lowest BCUT2D eigenvalue weighted by Crippen LogP contribution is -2.45. The summed E-state index contributed by atoms with van der Waals surface area (Å²) in [6.45, 7) is 2.00. The number of anilines is 1. The van der Waals surface area contributed by atoms with Crippen molar-refractivity contribution in [2.45, 2.75) is 37.9 Å². The van der Waals surface area contributed by atoms with Crippen LogP contribution >= 0.6 is 11.6 Å². The van der Waals surface area contributed by atoms with Gasteiger partial charge < -0.3 is 20.8 Å². The van der Waals surface area contributed by atoms with Crippen molar-refractivity contribution in [1.29, 1.82) is 0 Å². The fourth-order valence-corrected chi connectivity index (χ4v) is 4.49. The average Bonchev–Trinajstić information content (AvgIpc) is 3.44. The predicted octanol–water partition coefficient (Wildman–Crippen LogP) is 1.54. The average molecular weight is 527 g/mol. The van der Waals surface area contributed by atoms with Crippen LogP contribution in [0.15, 0.2) is 43.0 Å². The third-order valence-electron chi connectivity index (χ3n) is 6.23. The van der Waals surface area contributed by atoms with Gasteiger partial charge in [-0.1, -0.05) is 29.3 Å². The van der Waals surface area contributed by atoms with E-state index in [1.165, 1.54) is 30.2 Å². The molecule has 4 heterocycles. The standard InChI is InChI=1S/C24H24ClFN8O3/c1-11-3-4-15(26)12(5-11)8-29-21-17-22(33-20(32-21)13-6-14(25)9-28-7-13)34(10-30-17)23-19(36)18(35)16(31-23)24(37)27-2/h3-7,9-10,16,18-19,23,31,35-36H,8H2,1-2H3,(H,27,37)(H,29,32,33)/t16-,18+,19+,23-/m0/s1. The van der Waals surface area contributed by atoms with Gasteiger partial charge in [-0.25, -0.2) is 19.3 Å². The number of imidazole rings is 1. The molecule has 1 saturated heterocycles. The van der Waals surface area contributed by atoms with Crippen LogP contribution in [0.25, 0.3) is 22.6 Å². The fourth-order valence-electron chi connectivity index (χ4n) is 4.32. The third-order valence-corrected chi connectivity index (χ3v) is 6.43. The Hall–Kier alpha value is -3.71. The summed E-state index contributed by atoms with van der Waals surface area (Å²) in [5.74, 6) is -0.259. The van der Waals surface area contributed by atoms with Gasteiger partial charge in [-0.15, -0.1) is 0 Å². The molecule has 11 nitrogen and oxygen atoms in total. The number of fused-ring (bicyclic) bond motifs is 1. The van der Waals surface area contributed by atoms with Crippen molar-refractivity contribution in [3.05, 3.63) is 65.0 Å². The maximum absolute atomic E-state index is 14.4. The lowest BCUT2D eigenvalue weighted by Gasteiger charge is -2.18. The summed E-state index contributed by atoms with van der Waals surface area (Å²) in [5.41, 5.74) is 2.53. The summed E-state index contributed by atoms with van der Waals surface area (Å²) in [5, 5.41) is 30.1. The van der Waals surface area contributed by atoms with E-state index in [-0.39, 0.29) is 18.2 Å². The zero-order chi connectivity index (χ0) is 26.3. The first-order valence-corrected chi connectivity index (χ1v) is 11.8. The molecular weight excluding hydrogens is 503 g/mol. The monoisotopic (exact) mass is 526 g/mol. The highest BCUT2D eigenvalue weighted by Gasteiger charge is 2.45. The molecule has 0 spiro atoms. The first-order valence-electron chi connectivity index (χ1n) is 11.4. The molecule has 0 unspecified atom stereocenters. The van der Waals surface area contributed by atoms with Gasteiger partial charge in [0.25, 0.3) is 0 Å². The van der Waals surface area contributed by atoms with Crippen molar-refractivity contribution in [1.82, 2.24) is 35.1 Å². The summed E-state index contributed by atoms with van der Waals surface area (Å²) < 4.78 is 15.9. The Balaban J connectivity index is 1.59. The number of likely N-dealkylation sites (N-methyl/N-ethyl adjacent to an activating group) is 1. The van der Waals surface area contributed by atoms with Crippen LogP contribution < -0.4 is 16.0 Å². The minimum absolute atomic E-state index is 0.126. The topological polar surface area (TPSA) is 150 Å². The maximum atomic E-state index is 14.4. The molecule has 37 heavy (non-hydrogen) atoms. The second-order valence-corrected chi connectivity index (χ2v) is 9.18. The Morgan fingerprint density at radius 2 is 2.03 bits per heavy atom. The van der Waals surface area contributed by atoms with E-state index in [4.69, 9.17) is 11.6 Å². The van der Waals surface area contributed by atoms with E-state index in [0.717, 1.165) is 5.56 Å². The molecule has 5 rings (SSSR count). The van der Waals surface area contributed by atoms with E-state index in [0.29, 0.717) is 33.1 Å². The molecule has 0 aliphatic carbocycles. The molecule has 5 N–H and O–H groups in total. The minimum Gasteiger partial charge on any atom is -0.388 e. The Morgan fingerprint density at radius 3 is 2.78 bits per heavy atom. The quantitative estimate of drug-likeness (QED) is 0.252. The molecule has 192 valence electrons. The molecule has 0 bridgehead atoms. The highest BCUT2D eigenvalue weighted by Crippen LogP contribution is 2.30. The van der Waals surface area contributed by atoms with E-state index in [1.54, 1.807) is 24.4 Å². The number of aliphatic hydroxyl groups is 2. The molecule has 4 atom stereocenters. The Bertz CT molecular complexity index is 1480. The molecule has 4 aromatic rings. The number of amides is 1. The van der Waals surface area contributed by atoms with Gasteiger partial charge in [0, 0.05) is 37.1 Å². The van der Waals surface area contributed by atoms with E-state index >= 15 is 0 Å². The molecule has 1 aliphatic rings. The van der Waals surface area contributed by atoms with Crippen molar-refractivity contribution < 1.29 is 19.4 Å². The summed E-state index contributed by atoms with van der Waals surface area (Å²) in [6, 6.07) is 5.44. The SMILES string of the molecule is CNC(=O)[C@H]1N[C@@H](n2cnc3c(NCc4cc(C)ccc4F)nc(-c4cncc(Cl)c4)nc32)[C@H](O)[C@@H]1O. The van der Waals surface area contributed by atoms with Gasteiger partial charge in [0.2, 0.25) is 5.91 Å². The normalized spacial score (nSPS) is 21.4. The van der Waals surface area contributed by atoms with Gasteiger partial charge in [0.15, 0.2) is 22.8 Å². The van der Waals surface area contributed by atoms with Crippen LogP contribution in [0.2, 0.25) is 5.02 Å². The smallest absolute Gasteiger partial charge is 0.239 e. The number of carbonyl (C=O) groups is 1. The van der Waals surface area contributed by atoms with Gasteiger partial charge in [-0.2, -0.15) is 0 Å². The van der Waals surface area contributed by atoms with Crippen LogP contribution in [0.5, 0.6) is 0 Å². The highest BCUT2D eigenvalue weighted by atomic mass is 35.5. The van der Waals surface area contributed by atoms with Gasteiger partial charge in [0.1, 0.15) is 30.2 Å². The number of pyridine rings is 1. The number of aromatic nitrogens is 5. The molecule has 1 aromatic carbocycles. The fraction of sp³-hybridized carbons (Fsp3) is 0.292. The molecule has 0 radical (unpaired) electrons. The number of rotatable bonds is 6. The number of hydrogen-bond acceptors (Lipinski definition) is 9. The number of hydrogen-bond donors (Lipinski definition) is 5. The van der Waals surface area contributed by atoms with Crippen molar-refractivity contribution in [3.8, 4) is 11.4 Å². The summed E-state index contributed by atoms with van der Waals surface area (Å²) in [4.78, 5) is 29.9. The molecule has 0 saturated carbocycles. The van der Waals surface area contributed by atoms with E-state index < -0.39 is 30.3 Å². The first-order chi connectivity index (χ1) is 17.8. The van der Waals surface area contributed by atoms with Crippen LogP contribution in [0.4, 0.5) is 10.2 Å². The number of nitrogens with zero attached hydrogens (tertiary/aromatic N) is 5. The van der Waals surface area contributed by atoms with Crippen LogP contribution in [0.3, 0.4) is 0 Å². The lowest BCUT2D eigenvalue weighted by atomic mass is 10.1. The van der Waals surface area contributed by atoms with Gasteiger partial charge >= 0.3 is 0 Å². The number of nitrogens with one attached hydrogen (secondary N) is 3. The van der Waals surface area contributed by atoms with Crippen molar-refractivity contribution in [2.75, 3.05) is 12.4 Å². The molecule has 3 aromatic heterocycles.